The van der Waals surface area contributed by atoms with Crippen molar-refractivity contribution >= 4 is 41.7 Å². The molecule has 4 nitrogen and oxygen atoms in total. The third-order valence-electron chi connectivity index (χ3n) is 3.88. The van der Waals surface area contributed by atoms with Gasteiger partial charge in [0.15, 0.2) is 5.96 Å². The number of hydrogen-bond donors (Lipinski definition) is 2. The molecule has 0 atom stereocenters. The van der Waals surface area contributed by atoms with Gasteiger partial charge in [0.1, 0.15) is 0 Å². The Morgan fingerprint density at radius 2 is 1.95 bits per heavy atom. The fraction of sp³-hybridized carbons (Fsp3) is 0.812. The van der Waals surface area contributed by atoms with Crippen LogP contribution in [0, 0.1) is 0 Å². The minimum Gasteiger partial charge on any atom is -0.355 e. The SMILES string of the molecule is C=C(C)CN1CCC(NC(=NC)NCC(C)(C)SC)CC1.I. The zero-order valence-electron chi connectivity index (χ0n) is 14.7. The Morgan fingerprint density at radius 3 is 2.41 bits per heavy atom. The molecule has 0 aromatic rings. The monoisotopic (exact) mass is 440 g/mol. The first-order valence-corrected chi connectivity index (χ1v) is 8.98. The van der Waals surface area contributed by atoms with E-state index in [1.54, 1.807) is 0 Å². The van der Waals surface area contributed by atoms with E-state index in [0.717, 1.165) is 32.1 Å². The van der Waals surface area contributed by atoms with Crippen LogP contribution in [0.4, 0.5) is 0 Å². The van der Waals surface area contributed by atoms with E-state index in [-0.39, 0.29) is 28.7 Å². The molecular weight excluding hydrogens is 407 g/mol. The molecule has 6 heteroatoms. The van der Waals surface area contributed by atoms with Crippen molar-refractivity contribution in [2.24, 2.45) is 4.99 Å². The summed E-state index contributed by atoms with van der Waals surface area (Å²) in [6, 6.07) is 0.523. The van der Waals surface area contributed by atoms with Crippen LogP contribution >= 0.6 is 35.7 Å². The van der Waals surface area contributed by atoms with Crippen molar-refractivity contribution in [2.75, 3.05) is 39.5 Å². The van der Waals surface area contributed by atoms with Crippen LogP contribution in [-0.2, 0) is 0 Å². The molecule has 1 aliphatic rings. The van der Waals surface area contributed by atoms with Crippen molar-refractivity contribution in [3.8, 4) is 0 Å². The van der Waals surface area contributed by atoms with E-state index in [4.69, 9.17) is 0 Å². The highest BCUT2D eigenvalue weighted by Gasteiger charge is 2.21. The van der Waals surface area contributed by atoms with Crippen LogP contribution in [0.15, 0.2) is 17.1 Å². The number of hydrogen-bond acceptors (Lipinski definition) is 3. The number of nitrogens with one attached hydrogen (secondary N) is 2. The van der Waals surface area contributed by atoms with E-state index in [1.807, 2.05) is 18.8 Å². The first-order valence-electron chi connectivity index (χ1n) is 7.75. The van der Waals surface area contributed by atoms with Gasteiger partial charge >= 0.3 is 0 Å². The molecule has 130 valence electrons. The summed E-state index contributed by atoms with van der Waals surface area (Å²) >= 11 is 1.87. The molecule has 0 radical (unpaired) electrons. The Bertz CT molecular complexity index is 363. The number of aliphatic imine (C=N–C) groups is 1. The zero-order chi connectivity index (χ0) is 15.9. The summed E-state index contributed by atoms with van der Waals surface area (Å²) in [7, 11) is 1.84. The predicted molar refractivity (Wildman–Crippen MR) is 112 cm³/mol. The first-order chi connectivity index (χ1) is 9.86. The average molecular weight is 440 g/mol. The molecule has 0 aromatic heterocycles. The Labute approximate surface area is 158 Å². The highest BCUT2D eigenvalue weighted by atomic mass is 127. The maximum atomic E-state index is 4.34. The van der Waals surface area contributed by atoms with Crippen LogP contribution < -0.4 is 10.6 Å². The van der Waals surface area contributed by atoms with Crippen molar-refractivity contribution < 1.29 is 0 Å². The van der Waals surface area contributed by atoms with Gasteiger partial charge in [-0.15, -0.1) is 24.0 Å². The van der Waals surface area contributed by atoms with E-state index in [1.165, 1.54) is 18.4 Å². The molecule has 1 heterocycles. The Balaban J connectivity index is 0.00000441. The smallest absolute Gasteiger partial charge is 0.191 e. The van der Waals surface area contributed by atoms with Crippen LogP contribution in [0.25, 0.3) is 0 Å². The lowest BCUT2D eigenvalue weighted by Gasteiger charge is -2.33. The van der Waals surface area contributed by atoms with Gasteiger partial charge in [0.2, 0.25) is 0 Å². The van der Waals surface area contributed by atoms with Crippen molar-refractivity contribution in [3.05, 3.63) is 12.2 Å². The molecule has 0 aromatic carbocycles. The van der Waals surface area contributed by atoms with Gasteiger partial charge in [-0.05, 0) is 39.9 Å². The van der Waals surface area contributed by atoms with Crippen LogP contribution in [0.2, 0.25) is 0 Å². The normalized spacial score (nSPS) is 17.8. The number of thioether (sulfide) groups is 1. The summed E-state index contributed by atoms with van der Waals surface area (Å²) in [5.74, 6) is 0.926. The van der Waals surface area contributed by atoms with E-state index in [2.05, 4.69) is 54.1 Å². The Morgan fingerprint density at radius 1 is 1.36 bits per heavy atom. The number of guanidine groups is 1. The van der Waals surface area contributed by atoms with Gasteiger partial charge in [-0.1, -0.05) is 12.2 Å². The maximum absolute atomic E-state index is 4.34. The van der Waals surface area contributed by atoms with Crippen molar-refractivity contribution in [1.29, 1.82) is 0 Å². The molecule has 0 aliphatic carbocycles. The summed E-state index contributed by atoms with van der Waals surface area (Å²) in [5.41, 5.74) is 1.25. The largest absolute Gasteiger partial charge is 0.355 e. The van der Waals surface area contributed by atoms with Crippen LogP contribution in [-0.4, -0.2) is 61.1 Å². The van der Waals surface area contributed by atoms with E-state index >= 15 is 0 Å². The highest BCUT2D eigenvalue weighted by molar-refractivity contribution is 14.0. The standard InChI is InChI=1S/C16H32N4S.HI/c1-13(2)11-20-9-7-14(8-10-20)19-15(17-5)18-12-16(3,4)21-6;/h14H,1,7-12H2,2-6H3,(H2,17,18,19);1H. The minimum atomic E-state index is 0. The minimum absolute atomic E-state index is 0. The van der Waals surface area contributed by atoms with Gasteiger partial charge in [-0.2, -0.15) is 11.8 Å². The fourth-order valence-electron chi connectivity index (χ4n) is 2.37. The summed E-state index contributed by atoms with van der Waals surface area (Å²) < 4.78 is 0.225. The Hall–Kier alpha value is 0.0500. The predicted octanol–water partition coefficient (Wildman–Crippen LogP) is 2.95. The third-order valence-corrected chi connectivity index (χ3v) is 5.13. The summed E-state index contributed by atoms with van der Waals surface area (Å²) in [4.78, 5) is 6.82. The van der Waals surface area contributed by atoms with Crippen molar-refractivity contribution in [2.45, 2.75) is 44.4 Å². The lowest BCUT2D eigenvalue weighted by Crippen LogP contribution is -2.50. The molecule has 0 unspecified atom stereocenters. The zero-order valence-corrected chi connectivity index (χ0v) is 17.9. The van der Waals surface area contributed by atoms with Crippen LogP contribution in [0.5, 0.6) is 0 Å². The maximum Gasteiger partial charge on any atom is 0.191 e. The molecule has 2 N–H and O–H groups in total. The number of halogens is 1. The second-order valence-corrected chi connectivity index (χ2v) is 8.05. The molecule has 0 bridgehead atoms. The molecule has 1 rings (SSSR count). The lowest BCUT2D eigenvalue weighted by atomic mass is 10.0. The van der Waals surface area contributed by atoms with E-state index in [9.17, 15) is 0 Å². The summed E-state index contributed by atoms with van der Waals surface area (Å²) in [6.07, 6.45) is 4.48. The molecule has 0 saturated carbocycles. The lowest BCUT2D eigenvalue weighted by molar-refractivity contribution is 0.221. The molecule has 0 spiro atoms. The molecule has 1 fully saturated rings. The van der Waals surface area contributed by atoms with Gasteiger partial charge in [0, 0.05) is 44.0 Å². The van der Waals surface area contributed by atoms with Gasteiger partial charge in [0.05, 0.1) is 0 Å². The molecular formula is C16H33IN4S. The first kappa shape index (κ1) is 22.1. The van der Waals surface area contributed by atoms with Crippen molar-refractivity contribution in [3.63, 3.8) is 0 Å². The third kappa shape index (κ3) is 8.62. The average Bonchev–Trinajstić information content (AvgIpc) is 2.44. The van der Waals surface area contributed by atoms with E-state index < -0.39 is 0 Å². The van der Waals surface area contributed by atoms with Crippen molar-refractivity contribution in [1.82, 2.24) is 15.5 Å². The van der Waals surface area contributed by atoms with Gasteiger partial charge in [0.25, 0.3) is 0 Å². The topological polar surface area (TPSA) is 39.7 Å². The Kier molecular flexibility index (Phi) is 10.8. The van der Waals surface area contributed by atoms with Gasteiger partial charge in [-0.25, -0.2) is 0 Å². The van der Waals surface area contributed by atoms with Crippen LogP contribution in [0.3, 0.4) is 0 Å². The number of piperidine rings is 1. The highest BCUT2D eigenvalue weighted by Crippen LogP contribution is 2.19. The second-order valence-electron chi connectivity index (χ2n) is 6.54. The fourth-order valence-corrected chi connectivity index (χ4v) is 2.59. The molecule has 22 heavy (non-hydrogen) atoms. The quantitative estimate of drug-likeness (QED) is 0.288. The second kappa shape index (κ2) is 10.8. The molecule has 0 amide bonds. The van der Waals surface area contributed by atoms with Gasteiger partial charge < -0.3 is 10.6 Å². The number of likely N-dealkylation sites (tertiary alicyclic amines) is 1. The molecule has 1 aliphatic heterocycles. The summed E-state index contributed by atoms with van der Waals surface area (Å²) in [6.45, 7) is 14.8. The van der Waals surface area contributed by atoms with E-state index in [0.29, 0.717) is 6.04 Å². The summed E-state index contributed by atoms with van der Waals surface area (Å²) in [5, 5.41) is 7.00. The number of nitrogens with zero attached hydrogens (tertiary/aromatic N) is 2. The molecule has 1 saturated heterocycles. The van der Waals surface area contributed by atoms with Gasteiger partial charge in [-0.3, -0.25) is 9.89 Å². The number of rotatable bonds is 6. The van der Waals surface area contributed by atoms with Crippen LogP contribution in [0.1, 0.15) is 33.6 Å².